The maximum Gasteiger partial charge on any atom is 0.265 e. The van der Waals surface area contributed by atoms with Crippen molar-refractivity contribution >= 4 is 22.9 Å². The van der Waals surface area contributed by atoms with Gasteiger partial charge in [-0.15, -0.1) is 11.3 Å². The molecule has 140 valence electrons. The third-order valence-corrected chi connectivity index (χ3v) is 5.13. The fourth-order valence-corrected chi connectivity index (χ4v) is 3.55. The van der Waals surface area contributed by atoms with E-state index in [4.69, 9.17) is 9.15 Å². The first kappa shape index (κ1) is 17.9. The summed E-state index contributed by atoms with van der Waals surface area (Å²) in [5, 5.41) is 2.55. The van der Waals surface area contributed by atoms with Crippen molar-refractivity contribution < 1.29 is 18.3 Å². The molecule has 0 bridgehead atoms. The number of ether oxygens (including phenoxy) is 1. The van der Waals surface area contributed by atoms with E-state index in [1.54, 1.807) is 30.9 Å². The summed E-state index contributed by atoms with van der Waals surface area (Å²) < 4.78 is 24.2. The van der Waals surface area contributed by atoms with Gasteiger partial charge in [-0.2, -0.15) is 0 Å². The molecule has 1 N–H and O–H groups in total. The summed E-state index contributed by atoms with van der Waals surface area (Å²) in [5.41, 5.74) is 2.58. The minimum Gasteiger partial charge on any atom is -0.481 e. The van der Waals surface area contributed by atoms with Gasteiger partial charge in [0.05, 0.1) is 42.0 Å². The molecule has 0 aliphatic rings. The Labute approximate surface area is 163 Å². The standard InChI is InChI=1S/C20H14FN3O3S/c1-26-20-14(8-13(9-23-20)12-5-7-27-11-12)17-2-3-18(28-17)19(25)24-16-4-6-22-10-15(16)21/h2-11H,1H3,(H,22,24,25). The SMILES string of the molecule is COc1ncc(-c2ccoc2)cc1-c1ccc(C(=O)Nc2ccncc2F)s1. The van der Waals surface area contributed by atoms with E-state index in [0.29, 0.717) is 10.8 Å². The van der Waals surface area contributed by atoms with Gasteiger partial charge in [0.25, 0.3) is 5.91 Å². The van der Waals surface area contributed by atoms with Crippen LogP contribution in [0.4, 0.5) is 10.1 Å². The smallest absolute Gasteiger partial charge is 0.265 e. The summed E-state index contributed by atoms with van der Waals surface area (Å²) in [6.07, 6.45) is 7.37. The largest absolute Gasteiger partial charge is 0.481 e. The van der Waals surface area contributed by atoms with Gasteiger partial charge in [-0.1, -0.05) is 0 Å². The Kier molecular flexibility index (Phi) is 4.86. The summed E-state index contributed by atoms with van der Waals surface area (Å²) in [4.78, 5) is 21.7. The molecular weight excluding hydrogens is 381 g/mol. The van der Waals surface area contributed by atoms with Crippen molar-refractivity contribution in [1.29, 1.82) is 0 Å². The van der Waals surface area contributed by atoms with E-state index in [-0.39, 0.29) is 5.69 Å². The first-order chi connectivity index (χ1) is 13.7. The van der Waals surface area contributed by atoms with Crippen molar-refractivity contribution in [2.24, 2.45) is 0 Å². The Bertz CT molecular complexity index is 1130. The quantitative estimate of drug-likeness (QED) is 0.522. The minimum atomic E-state index is -0.591. The van der Waals surface area contributed by atoms with Crippen LogP contribution in [-0.4, -0.2) is 23.0 Å². The fourth-order valence-electron chi connectivity index (χ4n) is 2.64. The second-order valence-corrected chi connectivity index (χ2v) is 6.85. The van der Waals surface area contributed by atoms with Crippen LogP contribution in [0.15, 0.2) is 65.9 Å². The Morgan fingerprint density at radius 1 is 1.21 bits per heavy atom. The highest BCUT2D eigenvalue weighted by Crippen LogP contribution is 2.36. The topological polar surface area (TPSA) is 77.2 Å². The molecule has 28 heavy (non-hydrogen) atoms. The Balaban J connectivity index is 1.64. The monoisotopic (exact) mass is 395 g/mol. The van der Waals surface area contributed by atoms with Crippen LogP contribution in [0.25, 0.3) is 21.6 Å². The Morgan fingerprint density at radius 2 is 2.11 bits per heavy atom. The maximum atomic E-state index is 13.7. The highest BCUT2D eigenvalue weighted by atomic mass is 32.1. The van der Waals surface area contributed by atoms with Gasteiger partial charge in [-0.3, -0.25) is 9.78 Å². The van der Waals surface area contributed by atoms with Crippen LogP contribution in [0.3, 0.4) is 0 Å². The van der Waals surface area contributed by atoms with E-state index in [0.717, 1.165) is 27.8 Å². The predicted octanol–water partition coefficient (Wildman–Crippen LogP) is 4.87. The van der Waals surface area contributed by atoms with Crippen LogP contribution >= 0.6 is 11.3 Å². The highest BCUT2D eigenvalue weighted by Gasteiger charge is 2.16. The normalized spacial score (nSPS) is 10.6. The van der Waals surface area contributed by atoms with Crippen molar-refractivity contribution in [3.05, 3.63) is 72.1 Å². The zero-order chi connectivity index (χ0) is 19.5. The summed E-state index contributed by atoms with van der Waals surface area (Å²) >= 11 is 1.26. The Morgan fingerprint density at radius 3 is 2.86 bits per heavy atom. The van der Waals surface area contributed by atoms with Gasteiger partial charge in [0.2, 0.25) is 5.88 Å². The highest BCUT2D eigenvalue weighted by molar-refractivity contribution is 7.17. The zero-order valence-corrected chi connectivity index (χ0v) is 15.5. The number of carbonyl (C=O) groups is 1. The van der Waals surface area contributed by atoms with E-state index in [1.807, 2.05) is 12.1 Å². The summed E-state index contributed by atoms with van der Waals surface area (Å²) in [6, 6.07) is 8.65. The number of furan rings is 1. The van der Waals surface area contributed by atoms with Crippen molar-refractivity contribution in [3.8, 4) is 27.4 Å². The second kappa shape index (κ2) is 7.61. The first-order valence-electron chi connectivity index (χ1n) is 8.23. The lowest BCUT2D eigenvalue weighted by atomic mass is 10.1. The third-order valence-electron chi connectivity index (χ3n) is 4.01. The summed E-state index contributed by atoms with van der Waals surface area (Å²) in [5.74, 6) is -0.549. The van der Waals surface area contributed by atoms with E-state index >= 15 is 0 Å². The number of methoxy groups -OCH3 is 1. The molecule has 0 saturated heterocycles. The molecule has 0 spiro atoms. The molecule has 4 rings (SSSR count). The van der Waals surface area contributed by atoms with E-state index in [1.165, 1.54) is 30.7 Å². The van der Waals surface area contributed by atoms with Crippen LogP contribution in [0.5, 0.6) is 5.88 Å². The van der Waals surface area contributed by atoms with Gasteiger partial charge in [0, 0.05) is 28.4 Å². The molecule has 4 heterocycles. The van der Waals surface area contributed by atoms with Gasteiger partial charge in [0.1, 0.15) is 0 Å². The molecule has 4 aromatic rings. The van der Waals surface area contributed by atoms with Crippen LogP contribution < -0.4 is 10.1 Å². The average molecular weight is 395 g/mol. The van der Waals surface area contributed by atoms with Crippen molar-refractivity contribution in [2.75, 3.05) is 12.4 Å². The van der Waals surface area contributed by atoms with Gasteiger partial charge in [-0.05, 0) is 30.3 Å². The summed E-state index contributed by atoms with van der Waals surface area (Å²) in [7, 11) is 1.54. The van der Waals surface area contributed by atoms with Crippen molar-refractivity contribution in [3.63, 3.8) is 0 Å². The molecular formula is C20H14FN3O3S. The molecule has 0 unspecified atom stereocenters. The number of nitrogens with zero attached hydrogens (tertiary/aromatic N) is 2. The van der Waals surface area contributed by atoms with Crippen molar-refractivity contribution in [2.45, 2.75) is 0 Å². The molecule has 6 nitrogen and oxygen atoms in total. The van der Waals surface area contributed by atoms with Gasteiger partial charge >= 0.3 is 0 Å². The number of thiophene rings is 1. The number of hydrogen-bond donors (Lipinski definition) is 1. The number of aromatic nitrogens is 2. The average Bonchev–Trinajstić information content (AvgIpc) is 3.41. The molecule has 0 aliphatic heterocycles. The number of carbonyl (C=O) groups excluding carboxylic acids is 1. The molecule has 4 aromatic heterocycles. The van der Waals surface area contributed by atoms with Gasteiger partial charge in [0.15, 0.2) is 5.82 Å². The third kappa shape index (κ3) is 3.49. The number of rotatable bonds is 5. The predicted molar refractivity (Wildman–Crippen MR) is 104 cm³/mol. The lowest BCUT2D eigenvalue weighted by Gasteiger charge is -2.07. The second-order valence-electron chi connectivity index (χ2n) is 5.77. The number of nitrogens with one attached hydrogen (secondary N) is 1. The zero-order valence-electron chi connectivity index (χ0n) is 14.7. The number of amides is 1. The maximum absolute atomic E-state index is 13.7. The molecule has 0 atom stereocenters. The number of pyridine rings is 2. The lowest BCUT2D eigenvalue weighted by molar-refractivity contribution is 0.103. The lowest BCUT2D eigenvalue weighted by Crippen LogP contribution is -2.11. The fraction of sp³-hybridized carbons (Fsp3) is 0.0500. The molecule has 1 amide bonds. The van der Waals surface area contributed by atoms with E-state index in [2.05, 4.69) is 15.3 Å². The van der Waals surface area contributed by atoms with E-state index < -0.39 is 11.7 Å². The van der Waals surface area contributed by atoms with Crippen LogP contribution in [0.1, 0.15) is 9.67 Å². The number of anilines is 1. The number of hydrogen-bond acceptors (Lipinski definition) is 6. The number of halogens is 1. The van der Waals surface area contributed by atoms with Crippen molar-refractivity contribution in [1.82, 2.24) is 9.97 Å². The van der Waals surface area contributed by atoms with Crippen LogP contribution in [-0.2, 0) is 0 Å². The molecule has 8 heteroatoms. The minimum absolute atomic E-state index is 0.0798. The molecule has 0 fully saturated rings. The molecule has 0 radical (unpaired) electrons. The first-order valence-corrected chi connectivity index (χ1v) is 9.05. The molecule has 0 aromatic carbocycles. The van der Waals surface area contributed by atoms with Gasteiger partial charge in [-0.25, -0.2) is 9.37 Å². The van der Waals surface area contributed by atoms with Crippen LogP contribution in [0, 0.1) is 5.82 Å². The van der Waals surface area contributed by atoms with Gasteiger partial charge < -0.3 is 14.5 Å². The van der Waals surface area contributed by atoms with E-state index in [9.17, 15) is 9.18 Å². The Hall–Kier alpha value is -3.52. The summed E-state index contributed by atoms with van der Waals surface area (Å²) in [6.45, 7) is 0. The molecule has 0 aliphatic carbocycles. The van der Waals surface area contributed by atoms with Crippen LogP contribution in [0.2, 0.25) is 0 Å². The molecule has 0 saturated carbocycles.